The van der Waals surface area contributed by atoms with Crippen LogP contribution < -0.4 is 15.6 Å². The molecule has 0 saturated heterocycles. The first-order valence-electron chi connectivity index (χ1n) is 14.7. The number of fused-ring (bicyclic) bond motifs is 3. The molecule has 0 radical (unpaired) electrons. The maximum absolute atomic E-state index is 14.1. The predicted molar refractivity (Wildman–Crippen MR) is 164 cm³/mol. The molecule has 0 saturated carbocycles. The third-order valence-corrected chi connectivity index (χ3v) is 7.62. The van der Waals surface area contributed by atoms with E-state index >= 15 is 0 Å². The number of aliphatic imine (C=N–C) groups is 1. The second-order valence-electron chi connectivity index (χ2n) is 11.8. The van der Waals surface area contributed by atoms with Crippen LogP contribution in [0.1, 0.15) is 69.7 Å². The van der Waals surface area contributed by atoms with E-state index in [-0.39, 0.29) is 25.5 Å². The van der Waals surface area contributed by atoms with Gasteiger partial charge in [-0.2, -0.15) is 0 Å². The van der Waals surface area contributed by atoms with Crippen molar-refractivity contribution in [3.8, 4) is 16.9 Å². The monoisotopic (exact) mass is 585 g/mol. The van der Waals surface area contributed by atoms with Crippen molar-refractivity contribution in [2.75, 3.05) is 13.2 Å². The van der Waals surface area contributed by atoms with Gasteiger partial charge in [0.25, 0.3) is 5.91 Å². The summed E-state index contributed by atoms with van der Waals surface area (Å²) in [5.41, 5.74) is 9.20. The summed E-state index contributed by atoms with van der Waals surface area (Å²) in [7, 11) is 0. The Bertz CT molecular complexity index is 1450. The molecular formula is C34H39N3O6. The number of hydrogen-bond donors (Lipinski definition) is 3. The number of aliphatic hydroxyl groups is 1. The number of carbonyl (C=O) groups excluding carboxylic acids is 2. The smallest absolute Gasteiger partial charge is 0.306 e. The van der Waals surface area contributed by atoms with Crippen LogP contribution in [-0.4, -0.2) is 53.3 Å². The first-order valence-corrected chi connectivity index (χ1v) is 14.7. The highest BCUT2D eigenvalue weighted by Crippen LogP contribution is 2.43. The second kappa shape index (κ2) is 12.6. The van der Waals surface area contributed by atoms with E-state index in [0.29, 0.717) is 30.2 Å². The number of nitrogens with one attached hydrogen (secondary N) is 2. The van der Waals surface area contributed by atoms with Gasteiger partial charge in [0.1, 0.15) is 17.5 Å². The highest BCUT2D eigenvalue weighted by molar-refractivity contribution is 6.01. The number of amides is 1. The lowest BCUT2D eigenvalue weighted by molar-refractivity contribution is -0.155. The summed E-state index contributed by atoms with van der Waals surface area (Å²) in [5, 5.41) is 8.99. The minimum Gasteiger partial charge on any atom is -0.494 e. The summed E-state index contributed by atoms with van der Waals surface area (Å²) in [6, 6.07) is 23.2. The SMILES string of the molecule is C[C@@H]1OC(c2ccc(OCCCO)cc2)=N[C@]1(CCC(=O)OC(C)(C)C)C(=O)NNC1c2ccccc2-c2ccccc21. The number of ether oxygens (including phenoxy) is 3. The molecule has 9 nitrogen and oxygen atoms in total. The Morgan fingerprint density at radius 1 is 0.977 bits per heavy atom. The van der Waals surface area contributed by atoms with Gasteiger partial charge in [-0.1, -0.05) is 48.5 Å². The van der Waals surface area contributed by atoms with E-state index in [1.54, 1.807) is 19.1 Å². The highest BCUT2D eigenvalue weighted by Gasteiger charge is 2.51. The van der Waals surface area contributed by atoms with Crippen LogP contribution in [0.25, 0.3) is 11.1 Å². The molecule has 0 bridgehead atoms. The van der Waals surface area contributed by atoms with Gasteiger partial charge in [-0.3, -0.25) is 15.0 Å². The van der Waals surface area contributed by atoms with Gasteiger partial charge in [-0.05, 0) is 80.6 Å². The van der Waals surface area contributed by atoms with Gasteiger partial charge >= 0.3 is 5.97 Å². The van der Waals surface area contributed by atoms with Crippen molar-refractivity contribution < 1.29 is 28.9 Å². The van der Waals surface area contributed by atoms with Crippen molar-refractivity contribution in [1.29, 1.82) is 0 Å². The molecule has 226 valence electrons. The molecule has 0 unspecified atom stereocenters. The molecular weight excluding hydrogens is 546 g/mol. The number of esters is 1. The first-order chi connectivity index (χ1) is 20.6. The van der Waals surface area contributed by atoms with Crippen LogP contribution in [0.4, 0.5) is 0 Å². The van der Waals surface area contributed by atoms with Crippen LogP contribution in [0.3, 0.4) is 0 Å². The molecule has 3 aromatic carbocycles. The lowest BCUT2D eigenvalue weighted by atomic mass is 9.88. The minimum atomic E-state index is -1.38. The molecule has 0 spiro atoms. The fraction of sp³-hybridized carbons (Fsp3) is 0.382. The van der Waals surface area contributed by atoms with Crippen LogP contribution in [0.2, 0.25) is 0 Å². The summed E-state index contributed by atoms with van der Waals surface area (Å²) < 4.78 is 17.3. The molecule has 1 aliphatic heterocycles. The van der Waals surface area contributed by atoms with E-state index in [4.69, 9.17) is 24.3 Å². The maximum atomic E-state index is 14.1. The average molecular weight is 586 g/mol. The van der Waals surface area contributed by atoms with Crippen molar-refractivity contribution in [2.24, 2.45) is 4.99 Å². The van der Waals surface area contributed by atoms with Crippen LogP contribution >= 0.6 is 0 Å². The quantitative estimate of drug-likeness (QED) is 0.167. The Hall–Kier alpha value is -4.21. The van der Waals surface area contributed by atoms with Crippen molar-refractivity contribution in [2.45, 2.75) is 70.2 Å². The highest BCUT2D eigenvalue weighted by atomic mass is 16.6. The van der Waals surface area contributed by atoms with E-state index in [1.165, 1.54) is 0 Å². The molecule has 1 heterocycles. The zero-order chi connectivity index (χ0) is 30.6. The van der Waals surface area contributed by atoms with Gasteiger partial charge in [-0.25, -0.2) is 10.4 Å². The molecule has 9 heteroatoms. The van der Waals surface area contributed by atoms with Crippen molar-refractivity contribution >= 4 is 17.8 Å². The summed E-state index contributed by atoms with van der Waals surface area (Å²) >= 11 is 0. The van der Waals surface area contributed by atoms with E-state index in [0.717, 1.165) is 22.3 Å². The van der Waals surface area contributed by atoms with Crippen LogP contribution in [-0.2, 0) is 19.1 Å². The van der Waals surface area contributed by atoms with Gasteiger partial charge in [0.2, 0.25) is 5.90 Å². The summed E-state index contributed by atoms with van der Waals surface area (Å²) in [4.78, 5) is 31.7. The number of rotatable bonds is 11. The first kappa shape index (κ1) is 30.3. The molecule has 43 heavy (non-hydrogen) atoms. The Balaban J connectivity index is 1.39. The number of hydrogen-bond acceptors (Lipinski definition) is 8. The number of benzene rings is 3. The van der Waals surface area contributed by atoms with Gasteiger partial charge in [0, 0.05) is 25.0 Å². The molecule has 0 fully saturated rings. The second-order valence-corrected chi connectivity index (χ2v) is 11.8. The molecule has 3 aromatic rings. The van der Waals surface area contributed by atoms with Gasteiger partial charge in [0.05, 0.1) is 12.6 Å². The van der Waals surface area contributed by atoms with E-state index in [1.807, 2.05) is 69.3 Å². The third kappa shape index (κ3) is 6.58. The van der Waals surface area contributed by atoms with Gasteiger partial charge < -0.3 is 19.3 Å². The molecule has 1 aliphatic carbocycles. The zero-order valence-electron chi connectivity index (χ0n) is 25.1. The third-order valence-electron chi connectivity index (χ3n) is 7.62. The summed E-state index contributed by atoms with van der Waals surface area (Å²) in [6.45, 7) is 7.68. The molecule has 5 rings (SSSR count). The Morgan fingerprint density at radius 2 is 1.60 bits per heavy atom. The van der Waals surface area contributed by atoms with Crippen LogP contribution in [0, 0.1) is 0 Å². The van der Waals surface area contributed by atoms with Crippen LogP contribution in [0.15, 0.2) is 77.8 Å². The van der Waals surface area contributed by atoms with Crippen molar-refractivity contribution in [1.82, 2.24) is 10.9 Å². The summed E-state index contributed by atoms with van der Waals surface area (Å²) in [5.74, 6) is 0.153. The average Bonchev–Trinajstić information content (AvgIpc) is 3.49. The summed E-state index contributed by atoms with van der Waals surface area (Å²) in [6.07, 6.45) is -0.0334. The molecule has 2 atom stereocenters. The van der Waals surface area contributed by atoms with Crippen molar-refractivity contribution in [3.63, 3.8) is 0 Å². The van der Waals surface area contributed by atoms with E-state index in [9.17, 15) is 9.59 Å². The molecule has 0 aromatic heterocycles. The lowest BCUT2D eigenvalue weighted by Crippen LogP contribution is -2.55. The molecule has 2 aliphatic rings. The maximum Gasteiger partial charge on any atom is 0.306 e. The molecule has 1 amide bonds. The topological polar surface area (TPSA) is 118 Å². The fourth-order valence-electron chi connectivity index (χ4n) is 5.49. The van der Waals surface area contributed by atoms with Gasteiger partial charge in [-0.15, -0.1) is 0 Å². The number of hydrazine groups is 1. The fourth-order valence-corrected chi connectivity index (χ4v) is 5.49. The predicted octanol–water partition coefficient (Wildman–Crippen LogP) is 4.86. The number of aliphatic hydroxyl groups excluding tert-OH is 1. The zero-order valence-corrected chi connectivity index (χ0v) is 25.1. The Kier molecular flexibility index (Phi) is 8.84. The van der Waals surface area contributed by atoms with Crippen molar-refractivity contribution in [3.05, 3.63) is 89.5 Å². The number of nitrogens with zero attached hydrogens (tertiary/aromatic N) is 1. The Morgan fingerprint density at radius 3 is 2.21 bits per heavy atom. The number of carbonyl (C=O) groups is 2. The Labute approximate surface area is 252 Å². The minimum absolute atomic E-state index is 0.0120. The van der Waals surface area contributed by atoms with E-state index < -0.39 is 29.1 Å². The normalized spacial score (nSPS) is 19.2. The standard InChI is InChI=1S/C34H39N3O6/c1-22-34(19-18-29(39)43-33(2,3)4,35-31(42-22)23-14-16-24(17-15-23)41-21-9-20-38)32(40)37-36-30-27-12-7-5-10-25(27)26-11-6-8-13-28(26)30/h5-8,10-17,22,30,36,38H,9,18-21H2,1-4H3,(H,37,40)/t22-,34-/m0/s1. The largest absolute Gasteiger partial charge is 0.494 e. The molecule has 3 N–H and O–H groups in total. The van der Waals surface area contributed by atoms with E-state index in [2.05, 4.69) is 23.0 Å². The van der Waals surface area contributed by atoms with Gasteiger partial charge in [0.15, 0.2) is 5.54 Å². The lowest BCUT2D eigenvalue weighted by Gasteiger charge is -2.29. The van der Waals surface area contributed by atoms with Crippen LogP contribution in [0.5, 0.6) is 5.75 Å².